The largest absolute Gasteiger partial charge is 0.370 e. The molecule has 1 aliphatic rings. The van der Waals surface area contributed by atoms with Gasteiger partial charge in [-0.05, 0) is 18.6 Å². The summed E-state index contributed by atoms with van der Waals surface area (Å²) in [4.78, 5) is 4.50. The first-order chi connectivity index (χ1) is 7.24. The van der Waals surface area contributed by atoms with Crippen molar-refractivity contribution < 1.29 is 5.11 Å². The van der Waals surface area contributed by atoms with E-state index in [1.165, 1.54) is 0 Å². The summed E-state index contributed by atoms with van der Waals surface area (Å²) in [6.07, 6.45) is 0.716. The summed E-state index contributed by atoms with van der Waals surface area (Å²) in [6, 6.07) is 7.95. The van der Waals surface area contributed by atoms with E-state index in [1.54, 1.807) is 11.8 Å². The predicted octanol–water partition coefficient (Wildman–Crippen LogP) is 2.20. The zero-order valence-corrected chi connectivity index (χ0v) is 9.29. The Balaban J connectivity index is 2.34. The lowest BCUT2D eigenvalue weighted by molar-refractivity contribution is -0.0142. The molecule has 0 spiro atoms. The van der Waals surface area contributed by atoms with E-state index in [9.17, 15) is 5.11 Å². The number of para-hydroxylation sites is 2. The van der Waals surface area contributed by atoms with Crippen LogP contribution in [0.4, 0.5) is 0 Å². The lowest BCUT2D eigenvalue weighted by Crippen LogP contribution is -2.31. The quantitative estimate of drug-likeness (QED) is 0.800. The van der Waals surface area contributed by atoms with Crippen LogP contribution in [0.15, 0.2) is 29.4 Å². The summed E-state index contributed by atoms with van der Waals surface area (Å²) in [7, 11) is 0. The van der Waals surface area contributed by atoms with Crippen molar-refractivity contribution >= 4 is 22.8 Å². The van der Waals surface area contributed by atoms with Gasteiger partial charge in [-0.1, -0.05) is 30.8 Å². The number of fused-ring (bicyclic) bond motifs is 3. The Morgan fingerprint density at radius 2 is 2.33 bits per heavy atom. The van der Waals surface area contributed by atoms with Crippen LogP contribution in [0.1, 0.15) is 13.3 Å². The Morgan fingerprint density at radius 3 is 3.13 bits per heavy atom. The molecule has 3 nitrogen and oxygen atoms in total. The molecule has 1 unspecified atom stereocenters. The summed E-state index contributed by atoms with van der Waals surface area (Å²) in [5, 5.41) is 11.4. The maximum Gasteiger partial charge on any atom is 0.171 e. The molecule has 15 heavy (non-hydrogen) atoms. The minimum Gasteiger partial charge on any atom is -0.370 e. The molecular formula is C11H12N2OS. The van der Waals surface area contributed by atoms with Crippen molar-refractivity contribution in [3.63, 3.8) is 0 Å². The molecule has 1 aromatic heterocycles. The average Bonchev–Trinajstić information content (AvgIpc) is 2.78. The highest BCUT2D eigenvalue weighted by Crippen LogP contribution is 2.40. The van der Waals surface area contributed by atoms with Crippen molar-refractivity contribution in [1.82, 2.24) is 9.55 Å². The minimum atomic E-state index is -0.754. The monoisotopic (exact) mass is 220 g/mol. The normalized spacial score (nSPS) is 24.7. The van der Waals surface area contributed by atoms with E-state index in [0.717, 1.165) is 16.2 Å². The minimum absolute atomic E-state index is 0.705. The smallest absolute Gasteiger partial charge is 0.171 e. The molecule has 0 saturated carbocycles. The Morgan fingerprint density at radius 1 is 1.53 bits per heavy atom. The lowest BCUT2D eigenvalue weighted by atomic mass is 10.2. The van der Waals surface area contributed by atoms with E-state index >= 15 is 0 Å². The van der Waals surface area contributed by atoms with Crippen molar-refractivity contribution in [2.75, 3.05) is 5.75 Å². The maximum atomic E-state index is 10.4. The first kappa shape index (κ1) is 9.24. The molecule has 0 aliphatic carbocycles. The van der Waals surface area contributed by atoms with Gasteiger partial charge < -0.3 is 5.11 Å². The summed E-state index contributed by atoms with van der Waals surface area (Å²) >= 11 is 1.63. The first-order valence-corrected chi connectivity index (χ1v) is 6.06. The number of benzene rings is 1. The van der Waals surface area contributed by atoms with Crippen LogP contribution in [-0.4, -0.2) is 20.4 Å². The number of nitrogens with zero attached hydrogens (tertiary/aromatic N) is 2. The average molecular weight is 220 g/mol. The molecule has 1 N–H and O–H groups in total. The van der Waals surface area contributed by atoms with E-state index < -0.39 is 5.72 Å². The second kappa shape index (κ2) is 3.00. The maximum absolute atomic E-state index is 10.4. The van der Waals surface area contributed by atoms with E-state index in [-0.39, 0.29) is 0 Å². The second-order valence-corrected chi connectivity index (χ2v) is 4.79. The van der Waals surface area contributed by atoms with E-state index in [4.69, 9.17) is 0 Å². The molecule has 0 fully saturated rings. The molecule has 78 valence electrons. The lowest BCUT2D eigenvalue weighted by Gasteiger charge is -2.23. The zero-order valence-electron chi connectivity index (χ0n) is 8.47. The van der Waals surface area contributed by atoms with Crippen LogP contribution < -0.4 is 0 Å². The van der Waals surface area contributed by atoms with Crippen molar-refractivity contribution in [1.29, 1.82) is 0 Å². The third kappa shape index (κ3) is 1.15. The summed E-state index contributed by atoms with van der Waals surface area (Å²) in [5.41, 5.74) is 1.24. The van der Waals surface area contributed by atoms with Gasteiger partial charge in [0.2, 0.25) is 0 Å². The molecule has 3 rings (SSSR count). The number of hydrogen-bond donors (Lipinski definition) is 1. The van der Waals surface area contributed by atoms with Crippen molar-refractivity contribution in [2.24, 2.45) is 0 Å². The van der Waals surface area contributed by atoms with Crippen LogP contribution >= 0.6 is 11.8 Å². The Kier molecular flexibility index (Phi) is 1.85. The highest BCUT2D eigenvalue weighted by atomic mass is 32.2. The molecule has 0 saturated heterocycles. The molecule has 2 heterocycles. The van der Waals surface area contributed by atoms with Crippen molar-refractivity contribution in [3.05, 3.63) is 24.3 Å². The van der Waals surface area contributed by atoms with Crippen LogP contribution in [0.5, 0.6) is 0 Å². The molecule has 0 amide bonds. The standard InChI is InChI=1S/C11H12N2OS/c1-2-11(14)7-15-10-12-8-5-3-4-6-9(8)13(10)11/h3-6,14H,2,7H2,1H3. The van der Waals surface area contributed by atoms with Gasteiger partial charge in [0.1, 0.15) is 0 Å². The second-order valence-electron chi connectivity index (χ2n) is 3.84. The van der Waals surface area contributed by atoms with Gasteiger partial charge in [0, 0.05) is 5.75 Å². The third-order valence-corrected chi connectivity index (χ3v) is 4.08. The van der Waals surface area contributed by atoms with Crippen molar-refractivity contribution in [2.45, 2.75) is 24.2 Å². The summed E-state index contributed by atoms with van der Waals surface area (Å²) in [5.74, 6) is 0.705. The van der Waals surface area contributed by atoms with Gasteiger partial charge in [-0.3, -0.25) is 4.57 Å². The fraction of sp³-hybridized carbons (Fsp3) is 0.364. The Bertz CT molecular complexity index is 522. The predicted molar refractivity (Wildman–Crippen MR) is 60.9 cm³/mol. The van der Waals surface area contributed by atoms with Gasteiger partial charge >= 0.3 is 0 Å². The molecule has 2 aromatic rings. The van der Waals surface area contributed by atoms with Crippen LogP contribution in [-0.2, 0) is 5.72 Å². The van der Waals surface area contributed by atoms with Crippen LogP contribution in [0.3, 0.4) is 0 Å². The highest BCUT2D eigenvalue weighted by molar-refractivity contribution is 7.99. The van der Waals surface area contributed by atoms with Gasteiger partial charge in [0.05, 0.1) is 11.0 Å². The fourth-order valence-corrected chi connectivity index (χ4v) is 3.26. The van der Waals surface area contributed by atoms with Gasteiger partial charge in [0.25, 0.3) is 0 Å². The topological polar surface area (TPSA) is 38.1 Å². The molecule has 0 radical (unpaired) electrons. The fourth-order valence-electron chi connectivity index (χ4n) is 2.01. The number of aliphatic hydroxyl groups is 1. The number of thioether (sulfide) groups is 1. The van der Waals surface area contributed by atoms with Gasteiger partial charge in [0.15, 0.2) is 10.9 Å². The summed E-state index contributed by atoms with van der Waals surface area (Å²) in [6.45, 7) is 2.00. The van der Waals surface area contributed by atoms with Crippen LogP contribution in [0.2, 0.25) is 0 Å². The van der Waals surface area contributed by atoms with E-state index in [1.807, 2.05) is 35.8 Å². The zero-order chi connectivity index (χ0) is 10.5. The number of aromatic nitrogens is 2. The Labute approximate surface area is 92.1 Å². The SMILES string of the molecule is CCC1(O)CSc2nc3ccccc3n21. The van der Waals surface area contributed by atoms with Gasteiger partial charge in [-0.2, -0.15) is 0 Å². The van der Waals surface area contributed by atoms with Gasteiger partial charge in [-0.15, -0.1) is 0 Å². The van der Waals surface area contributed by atoms with E-state index in [0.29, 0.717) is 12.2 Å². The molecule has 1 aliphatic heterocycles. The number of rotatable bonds is 1. The van der Waals surface area contributed by atoms with Crippen LogP contribution in [0.25, 0.3) is 11.0 Å². The summed E-state index contributed by atoms with van der Waals surface area (Å²) < 4.78 is 1.97. The van der Waals surface area contributed by atoms with Crippen molar-refractivity contribution in [3.8, 4) is 0 Å². The molecule has 0 bridgehead atoms. The third-order valence-electron chi connectivity index (χ3n) is 2.94. The van der Waals surface area contributed by atoms with Gasteiger partial charge in [-0.25, -0.2) is 4.98 Å². The number of hydrogen-bond acceptors (Lipinski definition) is 3. The number of imidazole rings is 1. The molecule has 1 aromatic carbocycles. The van der Waals surface area contributed by atoms with E-state index in [2.05, 4.69) is 4.98 Å². The molecule has 1 atom stereocenters. The van der Waals surface area contributed by atoms with Crippen LogP contribution in [0, 0.1) is 0 Å². The Hall–Kier alpha value is -1.00. The molecular weight excluding hydrogens is 208 g/mol. The first-order valence-electron chi connectivity index (χ1n) is 5.08. The molecule has 4 heteroatoms. The highest BCUT2D eigenvalue weighted by Gasteiger charge is 2.37.